The van der Waals surface area contributed by atoms with Crippen molar-refractivity contribution in [1.82, 2.24) is 9.97 Å². The molecule has 7 heteroatoms. The standard InChI is InChI=1S/C14H13FN4OS/c1-2-8-7-9-12(17-14(19-16)18-13(9)21-8)20-11-6-4-3-5-10(11)15/h3-7H,2,16H2,1H3,(H,17,18,19). The van der Waals surface area contributed by atoms with Crippen LogP contribution in [0.5, 0.6) is 11.6 Å². The lowest BCUT2D eigenvalue weighted by Gasteiger charge is -2.08. The fourth-order valence-electron chi connectivity index (χ4n) is 1.89. The summed E-state index contributed by atoms with van der Waals surface area (Å²) in [7, 11) is 0. The molecular formula is C14H13FN4OS. The molecule has 0 amide bonds. The van der Waals surface area contributed by atoms with Crippen LogP contribution < -0.4 is 16.0 Å². The SMILES string of the molecule is CCc1cc2c(Oc3ccccc3F)nc(NN)nc2s1. The maximum Gasteiger partial charge on any atom is 0.241 e. The number of benzene rings is 1. The van der Waals surface area contributed by atoms with Gasteiger partial charge in [0.2, 0.25) is 11.8 Å². The van der Waals surface area contributed by atoms with Gasteiger partial charge in [-0.2, -0.15) is 4.98 Å². The van der Waals surface area contributed by atoms with Crippen LogP contribution in [0, 0.1) is 5.82 Å². The Morgan fingerprint density at radius 3 is 2.86 bits per heavy atom. The number of aryl methyl sites for hydroxylation is 1. The molecule has 0 bridgehead atoms. The lowest BCUT2D eigenvalue weighted by Crippen LogP contribution is -2.10. The van der Waals surface area contributed by atoms with E-state index in [4.69, 9.17) is 10.6 Å². The number of nitrogens with two attached hydrogens (primary N) is 1. The van der Waals surface area contributed by atoms with Crippen molar-refractivity contribution >= 4 is 27.5 Å². The van der Waals surface area contributed by atoms with Gasteiger partial charge in [0.15, 0.2) is 11.6 Å². The van der Waals surface area contributed by atoms with E-state index >= 15 is 0 Å². The number of nitrogens with zero attached hydrogens (tertiary/aromatic N) is 2. The van der Waals surface area contributed by atoms with E-state index in [9.17, 15) is 4.39 Å². The van der Waals surface area contributed by atoms with E-state index in [1.807, 2.05) is 6.07 Å². The summed E-state index contributed by atoms with van der Waals surface area (Å²) in [6, 6.07) is 8.14. The van der Waals surface area contributed by atoms with Gasteiger partial charge in [0.05, 0.1) is 5.39 Å². The molecular weight excluding hydrogens is 291 g/mol. The molecule has 0 fully saturated rings. The number of aromatic nitrogens is 2. The van der Waals surface area contributed by atoms with Gasteiger partial charge in [0.25, 0.3) is 0 Å². The number of ether oxygens (including phenoxy) is 1. The number of hydrogen-bond donors (Lipinski definition) is 2. The quantitative estimate of drug-likeness (QED) is 0.570. The maximum absolute atomic E-state index is 13.7. The first-order valence-electron chi connectivity index (χ1n) is 6.40. The third-order valence-electron chi connectivity index (χ3n) is 2.93. The summed E-state index contributed by atoms with van der Waals surface area (Å²) in [5, 5.41) is 0.749. The largest absolute Gasteiger partial charge is 0.435 e. The summed E-state index contributed by atoms with van der Waals surface area (Å²) in [5.74, 6) is 5.56. The second kappa shape index (κ2) is 5.63. The average molecular weight is 304 g/mol. The number of rotatable bonds is 4. The summed E-state index contributed by atoms with van der Waals surface area (Å²) in [6.07, 6.45) is 0.881. The Balaban J connectivity index is 2.11. The molecule has 0 aliphatic rings. The molecule has 0 spiro atoms. The van der Waals surface area contributed by atoms with E-state index < -0.39 is 5.82 Å². The highest BCUT2D eigenvalue weighted by Crippen LogP contribution is 2.34. The van der Waals surface area contributed by atoms with Crippen molar-refractivity contribution < 1.29 is 9.13 Å². The van der Waals surface area contributed by atoms with Crippen molar-refractivity contribution in [2.75, 3.05) is 5.43 Å². The fourth-order valence-corrected chi connectivity index (χ4v) is 2.85. The van der Waals surface area contributed by atoms with E-state index in [0.717, 1.165) is 21.5 Å². The number of nitrogens with one attached hydrogen (secondary N) is 1. The minimum Gasteiger partial charge on any atom is -0.435 e. The van der Waals surface area contributed by atoms with Crippen molar-refractivity contribution in [2.45, 2.75) is 13.3 Å². The Hall–Kier alpha value is -2.25. The minimum absolute atomic E-state index is 0.115. The molecule has 1 aromatic carbocycles. The molecule has 0 saturated heterocycles. The molecule has 0 aliphatic heterocycles. The Morgan fingerprint density at radius 2 is 2.14 bits per heavy atom. The van der Waals surface area contributed by atoms with Crippen LogP contribution >= 0.6 is 11.3 Å². The van der Waals surface area contributed by atoms with Gasteiger partial charge in [-0.1, -0.05) is 19.1 Å². The number of anilines is 1. The van der Waals surface area contributed by atoms with Crippen LogP contribution in [-0.2, 0) is 6.42 Å². The summed E-state index contributed by atoms with van der Waals surface area (Å²) in [6.45, 7) is 2.05. The molecule has 108 valence electrons. The molecule has 3 N–H and O–H groups in total. The number of nitrogen functional groups attached to an aromatic ring is 1. The second-order valence-electron chi connectivity index (χ2n) is 4.31. The summed E-state index contributed by atoms with van der Waals surface area (Å²) in [4.78, 5) is 10.4. The highest BCUT2D eigenvalue weighted by atomic mass is 32.1. The van der Waals surface area contributed by atoms with Gasteiger partial charge in [-0.05, 0) is 24.6 Å². The number of hydrazine groups is 1. The maximum atomic E-state index is 13.7. The predicted molar refractivity (Wildman–Crippen MR) is 81.1 cm³/mol. The zero-order valence-electron chi connectivity index (χ0n) is 11.3. The van der Waals surface area contributed by atoms with E-state index in [1.165, 1.54) is 17.4 Å². The van der Waals surface area contributed by atoms with E-state index in [-0.39, 0.29) is 17.6 Å². The predicted octanol–water partition coefficient (Wildman–Crippen LogP) is 3.47. The van der Waals surface area contributed by atoms with Crippen molar-refractivity contribution in [3.63, 3.8) is 0 Å². The highest BCUT2D eigenvalue weighted by Gasteiger charge is 2.14. The molecule has 0 radical (unpaired) electrons. The van der Waals surface area contributed by atoms with Gasteiger partial charge in [-0.25, -0.2) is 15.2 Å². The van der Waals surface area contributed by atoms with Crippen LogP contribution in [0.2, 0.25) is 0 Å². The molecule has 2 aromatic heterocycles. The molecule has 0 saturated carbocycles. The molecule has 0 aliphatic carbocycles. The Labute approximate surface area is 124 Å². The minimum atomic E-state index is -0.447. The number of fused-ring (bicyclic) bond motifs is 1. The van der Waals surface area contributed by atoms with Crippen LogP contribution in [0.15, 0.2) is 30.3 Å². The Bertz CT molecular complexity index is 790. The molecule has 0 unspecified atom stereocenters. The van der Waals surface area contributed by atoms with Crippen molar-refractivity contribution in [1.29, 1.82) is 0 Å². The van der Waals surface area contributed by atoms with Gasteiger partial charge < -0.3 is 4.74 Å². The first-order chi connectivity index (χ1) is 10.2. The third-order valence-corrected chi connectivity index (χ3v) is 4.10. The fraction of sp³-hybridized carbons (Fsp3) is 0.143. The van der Waals surface area contributed by atoms with Crippen LogP contribution in [0.4, 0.5) is 10.3 Å². The zero-order valence-corrected chi connectivity index (χ0v) is 12.1. The van der Waals surface area contributed by atoms with E-state index in [0.29, 0.717) is 0 Å². The van der Waals surface area contributed by atoms with E-state index in [2.05, 4.69) is 22.3 Å². The first-order valence-corrected chi connectivity index (χ1v) is 7.22. The Kier molecular flexibility index (Phi) is 3.68. The highest BCUT2D eigenvalue weighted by molar-refractivity contribution is 7.18. The van der Waals surface area contributed by atoms with Gasteiger partial charge in [-0.3, -0.25) is 5.43 Å². The van der Waals surface area contributed by atoms with Gasteiger partial charge in [0.1, 0.15) is 4.83 Å². The smallest absolute Gasteiger partial charge is 0.241 e. The summed E-state index contributed by atoms with van der Waals surface area (Å²) >= 11 is 1.54. The number of halogens is 1. The van der Waals surface area contributed by atoms with Crippen LogP contribution in [0.1, 0.15) is 11.8 Å². The van der Waals surface area contributed by atoms with Crippen molar-refractivity contribution in [2.24, 2.45) is 5.84 Å². The lowest BCUT2D eigenvalue weighted by atomic mass is 10.3. The normalized spacial score (nSPS) is 10.8. The van der Waals surface area contributed by atoms with Gasteiger partial charge >= 0.3 is 0 Å². The molecule has 21 heavy (non-hydrogen) atoms. The second-order valence-corrected chi connectivity index (χ2v) is 5.43. The molecule has 3 aromatic rings. The molecule has 5 nitrogen and oxygen atoms in total. The summed E-state index contributed by atoms with van der Waals surface area (Å²) < 4.78 is 19.3. The topological polar surface area (TPSA) is 73.1 Å². The Morgan fingerprint density at radius 1 is 1.33 bits per heavy atom. The number of hydrogen-bond acceptors (Lipinski definition) is 6. The van der Waals surface area contributed by atoms with Gasteiger partial charge in [-0.15, -0.1) is 11.3 Å². The van der Waals surface area contributed by atoms with Crippen molar-refractivity contribution in [3.05, 3.63) is 41.0 Å². The van der Waals surface area contributed by atoms with Crippen molar-refractivity contribution in [3.8, 4) is 11.6 Å². The third kappa shape index (κ3) is 2.65. The lowest BCUT2D eigenvalue weighted by molar-refractivity contribution is 0.432. The zero-order chi connectivity index (χ0) is 14.8. The van der Waals surface area contributed by atoms with Crippen LogP contribution in [-0.4, -0.2) is 9.97 Å². The van der Waals surface area contributed by atoms with Crippen LogP contribution in [0.25, 0.3) is 10.2 Å². The molecule has 3 rings (SSSR count). The van der Waals surface area contributed by atoms with Gasteiger partial charge in [0, 0.05) is 4.88 Å². The number of para-hydroxylation sites is 1. The van der Waals surface area contributed by atoms with Crippen LogP contribution in [0.3, 0.4) is 0 Å². The molecule has 0 atom stereocenters. The monoisotopic (exact) mass is 304 g/mol. The average Bonchev–Trinajstić information content (AvgIpc) is 2.92. The molecule has 2 heterocycles. The summed E-state index contributed by atoms with van der Waals surface area (Å²) in [5.41, 5.74) is 2.40. The number of thiophene rings is 1. The first kappa shape index (κ1) is 13.7. The van der Waals surface area contributed by atoms with E-state index in [1.54, 1.807) is 18.2 Å².